The van der Waals surface area contributed by atoms with Crippen LogP contribution in [0.4, 0.5) is 11.4 Å². The molecule has 0 aliphatic carbocycles. The van der Waals surface area contributed by atoms with Gasteiger partial charge in [-0.1, -0.05) is 24.3 Å². The maximum Gasteiger partial charge on any atom is 0.337 e. The van der Waals surface area contributed by atoms with Crippen LogP contribution in [0.15, 0.2) is 66.7 Å². The van der Waals surface area contributed by atoms with E-state index in [2.05, 4.69) is 10.6 Å². The second-order valence-electron chi connectivity index (χ2n) is 7.09. The minimum Gasteiger partial charge on any atom is -0.465 e. The van der Waals surface area contributed by atoms with Crippen molar-refractivity contribution in [2.75, 3.05) is 24.9 Å². The Bertz CT molecular complexity index is 1190. The van der Waals surface area contributed by atoms with E-state index in [9.17, 15) is 19.2 Å². The lowest BCUT2D eigenvalue weighted by Gasteiger charge is -2.12. The van der Waals surface area contributed by atoms with Gasteiger partial charge in [0.25, 0.3) is 11.8 Å². The summed E-state index contributed by atoms with van der Waals surface area (Å²) in [5.41, 5.74) is 2.38. The van der Waals surface area contributed by atoms with E-state index in [1.807, 2.05) is 13.0 Å². The molecule has 0 saturated carbocycles. The molecular weight excluding hydrogens is 424 g/mol. The molecule has 0 aliphatic heterocycles. The number of hydrogen-bond donors (Lipinski definition) is 2. The van der Waals surface area contributed by atoms with E-state index < -0.39 is 17.8 Å². The van der Waals surface area contributed by atoms with Gasteiger partial charge in [0, 0.05) is 22.5 Å². The molecule has 0 aliphatic rings. The van der Waals surface area contributed by atoms with Crippen molar-refractivity contribution in [2.45, 2.75) is 6.92 Å². The lowest BCUT2D eigenvalue weighted by molar-refractivity contribution is 0.0598. The van der Waals surface area contributed by atoms with E-state index in [1.165, 1.54) is 32.4 Å². The summed E-state index contributed by atoms with van der Waals surface area (Å²) in [6.07, 6.45) is 0. The van der Waals surface area contributed by atoms with Gasteiger partial charge in [-0.2, -0.15) is 0 Å². The topological polar surface area (TPSA) is 111 Å². The summed E-state index contributed by atoms with van der Waals surface area (Å²) < 4.78 is 9.42. The molecule has 0 atom stereocenters. The number of carbonyl (C=O) groups excluding carboxylic acids is 4. The van der Waals surface area contributed by atoms with Gasteiger partial charge in [-0.05, 0) is 55.0 Å². The molecule has 3 rings (SSSR count). The first-order valence-electron chi connectivity index (χ1n) is 9.92. The Hall–Kier alpha value is -4.46. The number of nitrogens with one attached hydrogen (secondary N) is 2. The van der Waals surface area contributed by atoms with E-state index in [4.69, 9.17) is 9.47 Å². The number of ether oxygens (including phenoxy) is 2. The number of aryl methyl sites for hydroxylation is 1. The molecule has 3 aromatic rings. The van der Waals surface area contributed by atoms with Crippen LogP contribution in [0.2, 0.25) is 0 Å². The summed E-state index contributed by atoms with van der Waals surface area (Å²) in [4.78, 5) is 49.3. The third kappa shape index (κ3) is 5.62. The molecule has 8 heteroatoms. The van der Waals surface area contributed by atoms with Crippen LogP contribution < -0.4 is 10.6 Å². The molecule has 8 nitrogen and oxygen atoms in total. The number of hydrogen-bond acceptors (Lipinski definition) is 6. The molecule has 0 radical (unpaired) electrons. The van der Waals surface area contributed by atoms with E-state index in [0.717, 1.165) is 5.56 Å². The van der Waals surface area contributed by atoms with Crippen LogP contribution in [-0.2, 0) is 9.47 Å². The van der Waals surface area contributed by atoms with Crippen LogP contribution in [0.5, 0.6) is 0 Å². The van der Waals surface area contributed by atoms with Crippen LogP contribution in [0, 0.1) is 6.92 Å². The van der Waals surface area contributed by atoms with E-state index in [1.54, 1.807) is 42.5 Å². The quantitative estimate of drug-likeness (QED) is 0.552. The van der Waals surface area contributed by atoms with Gasteiger partial charge in [0.1, 0.15) is 0 Å². The fourth-order valence-corrected chi connectivity index (χ4v) is 3.06. The summed E-state index contributed by atoms with van der Waals surface area (Å²) in [6, 6.07) is 17.7. The molecule has 0 saturated heterocycles. The van der Waals surface area contributed by atoms with Crippen molar-refractivity contribution >= 4 is 35.1 Å². The van der Waals surface area contributed by atoms with Crippen molar-refractivity contribution in [3.8, 4) is 0 Å². The average molecular weight is 446 g/mol. The van der Waals surface area contributed by atoms with E-state index >= 15 is 0 Å². The zero-order chi connectivity index (χ0) is 24.0. The lowest BCUT2D eigenvalue weighted by Crippen LogP contribution is -2.16. The van der Waals surface area contributed by atoms with Crippen molar-refractivity contribution in [3.63, 3.8) is 0 Å². The van der Waals surface area contributed by atoms with Gasteiger partial charge in [0.2, 0.25) is 0 Å². The zero-order valence-corrected chi connectivity index (χ0v) is 18.3. The fraction of sp³-hybridized carbons (Fsp3) is 0.120. The monoisotopic (exact) mass is 446 g/mol. The van der Waals surface area contributed by atoms with E-state index in [0.29, 0.717) is 11.3 Å². The highest BCUT2D eigenvalue weighted by Gasteiger charge is 2.16. The second kappa shape index (κ2) is 10.2. The number of methoxy groups -OCH3 is 2. The Kier molecular flexibility index (Phi) is 7.20. The highest BCUT2D eigenvalue weighted by atomic mass is 16.5. The maximum absolute atomic E-state index is 12.9. The maximum atomic E-state index is 12.9. The minimum atomic E-state index is -0.669. The Morgan fingerprint density at radius 2 is 1.21 bits per heavy atom. The SMILES string of the molecule is COC(=O)c1cc(NC(=O)c2ccc(C)c(NC(=O)c3ccccc3)c2)cc(C(=O)OC)c1. The second-order valence-corrected chi connectivity index (χ2v) is 7.09. The molecular formula is C25H22N2O6. The molecule has 3 aromatic carbocycles. The predicted molar refractivity (Wildman–Crippen MR) is 123 cm³/mol. The number of esters is 2. The smallest absolute Gasteiger partial charge is 0.337 e. The molecule has 33 heavy (non-hydrogen) atoms. The van der Waals surface area contributed by atoms with Crippen molar-refractivity contribution in [1.82, 2.24) is 0 Å². The minimum absolute atomic E-state index is 0.0791. The first-order chi connectivity index (χ1) is 15.8. The highest BCUT2D eigenvalue weighted by molar-refractivity contribution is 6.08. The summed E-state index contributed by atoms with van der Waals surface area (Å²) in [6.45, 7) is 1.81. The molecule has 2 N–H and O–H groups in total. The van der Waals surface area contributed by atoms with Gasteiger partial charge in [-0.3, -0.25) is 9.59 Å². The van der Waals surface area contributed by atoms with Crippen molar-refractivity contribution in [3.05, 3.63) is 94.5 Å². The Morgan fingerprint density at radius 3 is 1.79 bits per heavy atom. The number of amides is 2. The van der Waals surface area contributed by atoms with Crippen LogP contribution in [-0.4, -0.2) is 38.0 Å². The first kappa shape index (κ1) is 23.2. The molecule has 0 unspecified atom stereocenters. The molecule has 0 heterocycles. The summed E-state index contributed by atoms with van der Waals surface area (Å²) >= 11 is 0. The predicted octanol–water partition coefficient (Wildman–Crippen LogP) is 4.07. The van der Waals surface area contributed by atoms with Crippen molar-refractivity contribution in [2.24, 2.45) is 0 Å². The van der Waals surface area contributed by atoms with Gasteiger partial charge >= 0.3 is 11.9 Å². The number of rotatable bonds is 6. The Labute approximate surface area is 190 Å². The van der Waals surface area contributed by atoms with Crippen LogP contribution in [0.1, 0.15) is 47.0 Å². The van der Waals surface area contributed by atoms with Gasteiger partial charge in [-0.25, -0.2) is 9.59 Å². The van der Waals surface area contributed by atoms with Crippen LogP contribution in [0.3, 0.4) is 0 Å². The summed E-state index contributed by atoms with van der Waals surface area (Å²) in [5, 5.41) is 5.47. The molecule has 2 amide bonds. The summed E-state index contributed by atoms with van der Waals surface area (Å²) in [5.74, 6) is -2.14. The number of benzene rings is 3. The molecule has 0 spiro atoms. The summed E-state index contributed by atoms with van der Waals surface area (Å²) in [7, 11) is 2.42. The van der Waals surface area contributed by atoms with Gasteiger partial charge in [-0.15, -0.1) is 0 Å². The Morgan fingerprint density at radius 1 is 0.636 bits per heavy atom. The van der Waals surface area contributed by atoms with E-state index in [-0.39, 0.29) is 28.3 Å². The molecule has 0 fully saturated rings. The lowest BCUT2D eigenvalue weighted by atomic mass is 10.1. The van der Waals surface area contributed by atoms with Gasteiger partial charge in [0.05, 0.1) is 25.3 Å². The standard InChI is InChI=1S/C25H22N2O6/c1-15-9-10-17(14-21(15)27-22(28)16-7-5-4-6-8-16)23(29)26-20-12-18(24(30)32-2)11-19(13-20)25(31)33-3/h4-14H,1-3H3,(H,26,29)(H,27,28). The first-order valence-corrected chi connectivity index (χ1v) is 9.92. The number of carbonyl (C=O) groups is 4. The fourth-order valence-electron chi connectivity index (χ4n) is 3.06. The zero-order valence-electron chi connectivity index (χ0n) is 18.3. The highest BCUT2D eigenvalue weighted by Crippen LogP contribution is 2.21. The molecule has 168 valence electrons. The van der Waals surface area contributed by atoms with Crippen molar-refractivity contribution < 1.29 is 28.7 Å². The molecule has 0 bridgehead atoms. The number of anilines is 2. The van der Waals surface area contributed by atoms with Gasteiger partial charge in [0.15, 0.2) is 0 Å². The Balaban J connectivity index is 1.86. The van der Waals surface area contributed by atoms with Gasteiger partial charge < -0.3 is 20.1 Å². The largest absolute Gasteiger partial charge is 0.465 e. The van der Waals surface area contributed by atoms with Crippen molar-refractivity contribution in [1.29, 1.82) is 0 Å². The third-order valence-corrected chi connectivity index (χ3v) is 4.82. The van der Waals surface area contributed by atoms with Crippen LogP contribution in [0.25, 0.3) is 0 Å². The normalized spacial score (nSPS) is 10.2. The molecule has 0 aromatic heterocycles. The average Bonchev–Trinajstić information content (AvgIpc) is 2.84. The van der Waals surface area contributed by atoms with Crippen LogP contribution >= 0.6 is 0 Å². The third-order valence-electron chi connectivity index (χ3n) is 4.82.